The van der Waals surface area contributed by atoms with Gasteiger partial charge in [0.2, 0.25) is 0 Å². The molecule has 0 aromatic heterocycles. The fourth-order valence-electron chi connectivity index (χ4n) is 0.920. The molecule has 1 aromatic rings. The zero-order chi connectivity index (χ0) is 9.68. The summed E-state index contributed by atoms with van der Waals surface area (Å²) in [7, 11) is 0. The van der Waals surface area contributed by atoms with Gasteiger partial charge in [-0.1, -0.05) is 5.92 Å². The van der Waals surface area contributed by atoms with Crippen LogP contribution in [0.1, 0.15) is 5.56 Å². The van der Waals surface area contributed by atoms with Gasteiger partial charge in [0, 0.05) is 6.07 Å². The molecule has 0 saturated heterocycles. The van der Waals surface area contributed by atoms with Crippen molar-refractivity contribution in [2.75, 3.05) is 6.61 Å². The first kappa shape index (κ1) is 9.56. The van der Waals surface area contributed by atoms with Crippen molar-refractivity contribution in [1.29, 1.82) is 0 Å². The Bertz CT molecular complexity index is 328. The van der Waals surface area contributed by atoms with Gasteiger partial charge >= 0.3 is 0 Å². The topological polar surface area (TPSA) is 29.5 Å². The van der Waals surface area contributed by atoms with E-state index in [0.717, 1.165) is 0 Å². The van der Waals surface area contributed by atoms with Crippen LogP contribution in [-0.4, -0.2) is 11.7 Å². The Balaban J connectivity index is 2.83. The monoisotopic (exact) mass is 180 g/mol. The van der Waals surface area contributed by atoms with E-state index in [4.69, 9.17) is 16.3 Å². The van der Waals surface area contributed by atoms with Gasteiger partial charge in [0.25, 0.3) is 0 Å². The Morgan fingerprint density at radius 3 is 2.85 bits per heavy atom. The minimum absolute atomic E-state index is 0.0916. The van der Waals surface area contributed by atoms with Crippen molar-refractivity contribution in [1.82, 2.24) is 0 Å². The average Bonchev–Trinajstić information content (AvgIpc) is 2.14. The predicted octanol–water partition coefficient (Wildman–Crippen LogP) is 1.33. The largest absolute Gasteiger partial charge is 0.481 e. The van der Waals surface area contributed by atoms with Crippen LogP contribution in [0.4, 0.5) is 4.39 Å². The Kier molecular flexibility index (Phi) is 3.30. The van der Waals surface area contributed by atoms with Crippen molar-refractivity contribution in [3.63, 3.8) is 0 Å². The van der Waals surface area contributed by atoms with Crippen LogP contribution >= 0.6 is 0 Å². The number of halogens is 1. The van der Waals surface area contributed by atoms with Crippen molar-refractivity contribution in [3.05, 3.63) is 29.6 Å². The van der Waals surface area contributed by atoms with Crippen LogP contribution in [0.25, 0.3) is 0 Å². The Morgan fingerprint density at radius 1 is 1.46 bits per heavy atom. The van der Waals surface area contributed by atoms with Crippen LogP contribution in [0, 0.1) is 18.2 Å². The fourth-order valence-corrected chi connectivity index (χ4v) is 0.920. The molecule has 0 atom stereocenters. The fraction of sp³-hybridized carbons (Fsp3) is 0.200. The van der Waals surface area contributed by atoms with Crippen LogP contribution in [0.3, 0.4) is 0 Å². The van der Waals surface area contributed by atoms with E-state index in [1.165, 1.54) is 12.1 Å². The number of benzene rings is 1. The van der Waals surface area contributed by atoms with E-state index >= 15 is 0 Å². The highest BCUT2D eigenvalue weighted by Crippen LogP contribution is 2.16. The lowest BCUT2D eigenvalue weighted by molar-refractivity contribution is 0.279. The molecule has 0 fully saturated rings. The molecule has 0 radical (unpaired) electrons. The van der Waals surface area contributed by atoms with Gasteiger partial charge in [-0.2, -0.15) is 0 Å². The molecule has 1 rings (SSSR count). The number of hydrogen-bond acceptors (Lipinski definition) is 2. The van der Waals surface area contributed by atoms with Gasteiger partial charge in [0.1, 0.15) is 18.2 Å². The Labute approximate surface area is 76.0 Å². The van der Waals surface area contributed by atoms with Gasteiger partial charge in [-0.15, -0.1) is 6.42 Å². The smallest absolute Gasteiger partial charge is 0.148 e. The maximum Gasteiger partial charge on any atom is 0.148 e. The molecule has 1 aromatic carbocycles. The summed E-state index contributed by atoms with van der Waals surface area (Å²) >= 11 is 0. The number of aliphatic hydroxyl groups is 1. The summed E-state index contributed by atoms with van der Waals surface area (Å²) in [5.74, 6) is 2.16. The van der Waals surface area contributed by atoms with Gasteiger partial charge in [-0.05, 0) is 17.7 Å². The molecule has 2 nitrogen and oxygen atoms in total. The number of hydrogen-bond donors (Lipinski definition) is 1. The molecular weight excluding hydrogens is 171 g/mol. The molecule has 0 amide bonds. The van der Waals surface area contributed by atoms with E-state index < -0.39 is 5.82 Å². The highest BCUT2D eigenvalue weighted by molar-refractivity contribution is 5.29. The van der Waals surface area contributed by atoms with Crippen LogP contribution in [-0.2, 0) is 6.61 Å². The Morgan fingerprint density at radius 2 is 2.23 bits per heavy atom. The van der Waals surface area contributed by atoms with Gasteiger partial charge < -0.3 is 9.84 Å². The predicted molar refractivity (Wildman–Crippen MR) is 46.7 cm³/mol. The third-order valence-electron chi connectivity index (χ3n) is 1.44. The summed E-state index contributed by atoms with van der Waals surface area (Å²) < 4.78 is 17.8. The molecule has 0 saturated carbocycles. The third-order valence-corrected chi connectivity index (χ3v) is 1.44. The Hall–Kier alpha value is -1.53. The highest BCUT2D eigenvalue weighted by Gasteiger charge is 2.00. The molecule has 0 aliphatic rings. The van der Waals surface area contributed by atoms with Gasteiger partial charge in [0.05, 0.1) is 6.61 Å². The third kappa shape index (κ3) is 2.77. The molecular formula is C10H9FO2. The number of terminal acetylenes is 1. The van der Waals surface area contributed by atoms with E-state index in [1.807, 2.05) is 0 Å². The van der Waals surface area contributed by atoms with E-state index in [9.17, 15) is 4.39 Å². The first-order valence-electron chi connectivity index (χ1n) is 3.73. The van der Waals surface area contributed by atoms with E-state index in [0.29, 0.717) is 11.3 Å². The van der Waals surface area contributed by atoms with Crippen molar-refractivity contribution in [2.45, 2.75) is 6.61 Å². The average molecular weight is 180 g/mol. The van der Waals surface area contributed by atoms with Crippen molar-refractivity contribution in [3.8, 4) is 18.1 Å². The first-order chi connectivity index (χ1) is 6.26. The molecule has 0 spiro atoms. The van der Waals surface area contributed by atoms with E-state index in [2.05, 4.69) is 5.92 Å². The van der Waals surface area contributed by atoms with E-state index in [1.54, 1.807) is 6.07 Å². The standard InChI is InChI=1S/C10H9FO2/c1-2-3-13-10-5-8(7-12)4-9(11)6-10/h1,4-6,12H,3,7H2. The molecule has 13 heavy (non-hydrogen) atoms. The minimum Gasteiger partial charge on any atom is -0.481 e. The minimum atomic E-state index is -0.446. The van der Waals surface area contributed by atoms with Crippen molar-refractivity contribution >= 4 is 0 Å². The second-order valence-corrected chi connectivity index (χ2v) is 2.45. The zero-order valence-corrected chi connectivity index (χ0v) is 6.96. The molecule has 0 aliphatic carbocycles. The van der Waals surface area contributed by atoms with Crippen LogP contribution in [0.15, 0.2) is 18.2 Å². The normalized spacial score (nSPS) is 9.31. The molecule has 0 heterocycles. The second kappa shape index (κ2) is 4.48. The van der Waals surface area contributed by atoms with Crippen LogP contribution in [0.5, 0.6) is 5.75 Å². The van der Waals surface area contributed by atoms with Gasteiger partial charge in [-0.3, -0.25) is 0 Å². The second-order valence-electron chi connectivity index (χ2n) is 2.45. The summed E-state index contributed by atoms with van der Waals surface area (Å²) in [6, 6.07) is 4.00. The summed E-state index contributed by atoms with van der Waals surface area (Å²) in [6.07, 6.45) is 4.97. The number of rotatable bonds is 3. The van der Waals surface area contributed by atoms with Gasteiger partial charge in [-0.25, -0.2) is 4.39 Å². The molecule has 68 valence electrons. The van der Waals surface area contributed by atoms with Crippen LogP contribution in [0.2, 0.25) is 0 Å². The zero-order valence-electron chi connectivity index (χ0n) is 6.96. The summed E-state index contributed by atoms with van der Waals surface area (Å²) in [6.45, 7) is -0.126. The van der Waals surface area contributed by atoms with E-state index in [-0.39, 0.29) is 13.2 Å². The summed E-state index contributed by atoms with van der Waals surface area (Å²) in [5.41, 5.74) is 0.465. The molecule has 1 N–H and O–H groups in total. The molecule has 0 aliphatic heterocycles. The molecule has 0 unspecified atom stereocenters. The lowest BCUT2D eigenvalue weighted by atomic mass is 10.2. The highest BCUT2D eigenvalue weighted by atomic mass is 19.1. The number of aliphatic hydroxyl groups excluding tert-OH is 1. The molecule has 3 heteroatoms. The lowest BCUT2D eigenvalue weighted by Gasteiger charge is -2.04. The van der Waals surface area contributed by atoms with Gasteiger partial charge in [0.15, 0.2) is 0 Å². The lowest BCUT2D eigenvalue weighted by Crippen LogP contribution is -1.95. The summed E-state index contributed by atoms with van der Waals surface area (Å²) in [4.78, 5) is 0. The maximum absolute atomic E-state index is 12.8. The first-order valence-corrected chi connectivity index (χ1v) is 3.73. The van der Waals surface area contributed by atoms with Crippen molar-refractivity contribution < 1.29 is 14.2 Å². The maximum atomic E-state index is 12.8. The van der Waals surface area contributed by atoms with Crippen LogP contribution < -0.4 is 4.74 Å². The summed E-state index contributed by atoms with van der Waals surface area (Å²) in [5, 5.41) is 8.75. The molecule has 0 bridgehead atoms. The SMILES string of the molecule is C#CCOc1cc(F)cc(CO)c1. The van der Waals surface area contributed by atoms with Crippen molar-refractivity contribution in [2.24, 2.45) is 0 Å². The quantitative estimate of drug-likeness (QED) is 0.711. The number of ether oxygens (including phenoxy) is 1.